The van der Waals surface area contributed by atoms with Crippen LogP contribution in [-0.4, -0.2) is 71.9 Å². The second-order valence-corrected chi connectivity index (χ2v) is 10.4. The van der Waals surface area contributed by atoms with Crippen LogP contribution < -0.4 is 15.4 Å². The molecule has 3 aliphatic rings. The van der Waals surface area contributed by atoms with Gasteiger partial charge < -0.3 is 25.2 Å². The molecule has 0 aliphatic carbocycles. The molecule has 2 aromatic rings. The monoisotopic (exact) mass is 547 g/mol. The molecule has 8 nitrogen and oxygen atoms in total. The van der Waals surface area contributed by atoms with Crippen LogP contribution in [0.4, 0.5) is 13.2 Å². The number of alkyl halides is 3. The summed E-state index contributed by atoms with van der Waals surface area (Å²) in [6, 6.07) is 10.8. The lowest BCUT2D eigenvalue weighted by Crippen LogP contribution is -2.50. The Hall–Kier alpha value is -3.15. The molecule has 2 amide bonds. The van der Waals surface area contributed by atoms with Crippen LogP contribution in [0, 0.1) is 0 Å². The quantitative estimate of drug-likeness (QED) is 0.535. The number of hydrogen-bond acceptors (Lipinski definition) is 6. The van der Waals surface area contributed by atoms with Gasteiger partial charge in [0.1, 0.15) is 11.9 Å². The first-order chi connectivity index (χ1) is 18.7. The number of para-hydroxylation sites is 1. The van der Waals surface area contributed by atoms with Crippen molar-refractivity contribution >= 4 is 11.8 Å². The summed E-state index contributed by atoms with van der Waals surface area (Å²) in [5, 5.41) is 16.4. The summed E-state index contributed by atoms with van der Waals surface area (Å²) in [4.78, 5) is 28.4. The van der Waals surface area contributed by atoms with Crippen LogP contribution in [0.25, 0.3) is 0 Å². The Balaban J connectivity index is 1.38. The summed E-state index contributed by atoms with van der Waals surface area (Å²) in [6.45, 7) is 1.02. The molecule has 2 saturated heterocycles. The van der Waals surface area contributed by atoms with E-state index in [1.165, 1.54) is 12.1 Å². The van der Waals surface area contributed by atoms with Gasteiger partial charge >= 0.3 is 6.18 Å². The van der Waals surface area contributed by atoms with Crippen molar-refractivity contribution in [1.29, 1.82) is 0 Å². The Labute approximate surface area is 224 Å². The van der Waals surface area contributed by atoms with Crippen LogP contribution in [0.3, 0.4) is 0 Å². The van der Waals surface area contributed by atoms with Crippen LogP contribution in [-0.2, 0) is 22.3 Å². The highest BCUT2D eigenvalue weighted by Gasteiger charge is 2.39. The molecule has 0 aromatic heterocycles. The van der Waals surface area contributed by atoms with E-state index in [0.717, 1.165) is 12.1 Å². The molecule has 3 N–H and O–H groups in total. The first-order valence-electron chi connectivity index (χ1n) is 13.2. The summed E-state index contributed by atoms with van der Waals surface area (Å²) in [6.07, 6.45) is -3.78. The lowest BCUT2D eigenvalue weighted by molar-refractivity contribution is -0.137. The fourth-order valence-corrected chi connectivity index (χ4v) is 5.50. The van der Waals surface area contributed by atoms with Crippen molar-refractivity contribution in [1.82, 2.24) is 15.5 Å². The standard InChI is InChI=1S/C28H32F3N3O5/c29-28(30,31)18-7-5-17(6-8-18)15-34-16-19-13-22(34)27(37)32-14-25-23(35)10-9-20(39-25)11-12-38-24-4-2-1-3-21(24)26(36)33-19/h1-8,19-20,22-23,25,35H,9-16H2,(H,32,37)(H,33,36)/t19-,20-,22-,23-,25+/m0/s1. The van der Waals surface area contributed by atoms with Gasteiger partial charge in [-0.2, -0.15) is 13.2 Å². The normalized spacial score (nSPS) is 28.7. The number of amides is 2. The number of hydrogen-bond donors (Lipinski definition) is 3. The van der Waals surface area contributed by atoms with Crippen LogP contribution in [0.1, 0.15) is 47.2 Å². The molecule has 0 unspecified atom stereocenters. The smallest absolute Gasteiger partial charge is 0.416 e. The van der Waals surface area contributed by atoms with Crippen molar-refractivity contribution in [2.24, 2.45) is 0 Å². The number of ether oxygens (including phenoxy) is 2. The maximum Gasteiger partial charge on any atom is 0.416 e. The van der Waals surface area contributed by atoms with Crippen molar-refractivity contribution in [2.75, 3.05) is 19.7 Å². The molecule has 4 bridgehead atoms. The van der Waals surface area contributed by atoms with Crippen LogP contribution in [0.2, 0.25) is 0 Å². The third kappa shape index (κ3) is 6.54. The van der Waals surface area contributed by atoms with Crippen LogP contribution >= 0.6 is 0 Å². The molecule has 3 heterocycles. The summed E-state index contributed by atoms with van der Waals surface area (Å²) in [5.41, 5.74) is 0.255. The second kappa shape index (κ2) is 11.5. The zero-order valence-electron chi connectivity index (χ0n) is 21.3. The SMILES string of the molecule is O=C1N[C@H]2C[C@@H](C(=O)NC[C@H]3O[C@H](CCOc4ccccc41)CC[C@@H]3O)N(Cc1ccc(C(F)(F)F)cc1)C2. The number of benzene rings is 2. The third-order valence-corrected chi connectivity index (χ3v) is 7.60. The maximum atomic E-state index is 13.3. The van der Waals surface area contributed by atoms with E-state index in [2.05, 4.69) is 10.6 Å². The minimum absolute atomic E-state index is 0.127. The van der Waals surface area contributed by atoms with Crippen molar-refractivity contribution < 1.29 is 37.3 Å². The molecule has 0 spiro atoms. The molecule has 3 aliphatic heterocycles. The molecule has 39 heavy (non-hydrogen) atoms. The average molecular weight is 548 g/mol. The predicted molar refractivity (Wildman–Crippen MR) is 135 cm³/mol. The first kappa shape index (κ1) is 27.4. The van der Waals surface area contributed by atoms with Gasteiger partial charge in [-0.25, -0.2) is 0 Å². The van der Waals surface area contributed by atoms with Crippen molar-refractivity contribution in [3.63, 3.8) is 0 Å². The number of carbonyl (C=O) groups excluding carboxylic acids is 2. The highest BCUT2D eigenvalue weighted by molar-refractivity contribution is 5.97. The van der Waals surface area contributed by atoms with Gasteiger partial charge in [0.25, 0.3) is 5.91 Å². The van der Waals surface area contributed by atoms with Gasteiger partial charge in [0.05, 0.1) is 36.0 Å². The molecule has 2 fully saturated rings. The fraction of sp³-hybridized carbons (Fsp3) is 0.500. The minimum Gasteiger partial charge on any atom is -0.493 e. The van der Waals surface area contributed by atoms with Gasteiger partial charge in [-0.15, -0.1) is 0 Å². The number of aliphatic hydroxyl groups excluding tert-OH is 1. The molecule has 2 aromatic carbocycles. The number of carbonyl (C=O) groups is 2. The van der Waals surface area contributed by atoms with Crippen LogP contribution in [0.15, 0.2) is 48.5 Å². The number of rotatable bonds is 2. The number of nitrogens with zero attached hydrogens (tertiary/aromatic N) is 1. The lowest BCUT2D eigenvalue weighted by Gasteiger charge is -2.34. The zero-order valence-corrected chi connectivity index (χ0v) is 21.3. The van der Waals surface area contributed by atoms with E-state index >= 15 is 0 Å². The summed E-state index contributed by atoms with van der Waals surface area (Å²) < 4.78 is 51.0. The van der Waals surface area contributed by atoms with Gasteiger partial charge in [0, 0.05) is 32.1 Å². The highest BCUT2D eigenvalue weighted by Crippen LogP contribution is 2.30. The second-order valence-electron chi connectivity index (χ2n) is 10.4. The molecule has 0 radical (unpaired) electrons. The van der Waals surface area contributed by atoms with E-state index in [4.69, 9.17) is 9.47 Å². The number of fused-ring (bicyclic) bond motifs is 5. The average Bonchev–Trinajstić information content (AvgIpc) is 3.30. The molecule has 5 atom stereocenters. The summed E-state index contributed by atoms with van der Waals surface area (Å²) >= 11 is 0. The van der Waals surface area contributed by atoms with E-state index in [1.807, 2.05) is 4.90 Å². The Kier molecular flexibility index (Phi) is 8.11. The van der Waals surface area contributed by atoms with E-state index in [9.17, 15) is 27.9 Å². The minimum atomic E-state index is -4.43. The third-order valence-electron chi connectivity index (χ3n) is 7.60. The Bertz CT molecular complexity index is 1180. The summed E-state index contributed by atoms with van der Waals surface area (Å²) in [5.74, 6) is -0.161. The molecule has 0 saturated carbocycles. The van der Waals surface area contributed by atoms with E-state index in [0.29, 0.717) is 55.7 Å². The topological polar surface area (TPSA) is 100 Å². The van der Waals surface area contributed by atoms with Crippen molar-refractivity contribution in [3.8, 4) is 5.75 Å². The van der Waals surface area contributed by atoms with Gasteiger partial charge in [0.15, 0.2) is 0 Å². The Morgan fingerprint density at radius 3 is 2.56 bits per heavy atom. The largest absolute Gasteiger partial charge is 0.493 e. The van der Waals surface area contributed by atoms with Gasteiger partial charge in [-0.05, 0) is 49.1 Å². The maximum absolute atomic E-state index is 13.3. The van der Waals surface area contributed by atoms with E-state index in [1.54, 1.807) is 24.3 Å². The zero-order chi connectivity index (χ0) is 27.6. The van der Waals surface area contributed by atoms with Gasteiger partial charge in [0.2, 0.25) is 5.91 Å². The van der Waals surface area contributed by atoms with Gasteiger partial charge in [-0.3, -0.25) is 14.5 Å². The summed E-state index contributed by atoms with van der Waals surface area (Å²) in [7, 11) is 0. The number of aliphatic hydroxyl groups is 1. The number of halogens is 3. The molecule has 5 rings (SSSR count). The fourth-order valence-electron chi connectivity index (χ4n) is 5.50. The van der Waals surface area contributed by atoms with Gasteiger partial charge in [-0.1, -0.05) is 24.3 Å². The van der Waals surface area contributed by atoms with Crippen LogP contribution in [0.5, 0.6) is 5.75 Å². The number of nitrogens with one attached hydrogen (secondary N) is 2. The van der Waals surface area contributed by atoms with E-state index in [-0.39, 0.29) is 37.0 Å². The van der Waals surface area contributed by atoms with Crippen molar-refractivity contribution in [3.05, 3.63) is 65.2 Å². The lowest BCUT2D eigenvalue weighted by atomic mass is 9.99. The highest BCUT2D eigenvalue weighted by atomic mass is 19.4. The molecular weight excluding hydrogens is 515 g/mol. The molecule has 210 valence electrons. The van der Waals surface area contributed by atoms with Crippen molar-refractivity contribution in [2.45, 2.75) is 68.8 Å². The predicted octanol–water partition coefficient (Wildman–Crippen LogP) is 2.89. The molecule has 11 heteroatoms. The number of likely N-dealkylation sites (tertiary alicyclic amines) is 1. The Morgan fingerprint density at radius 2 is 1.79 bits per heavy atom. The van der Waals surface area contributed by atoms with E-state index < -0.39 is 30.0 Å². The Morgan fingerprint density at radius 1 is 1.03 bits per heavy atom. The molecular formula is C28H32F3N3O5. The first-order valence-corrected chi connectivity index (χ1v) is 13.2.